The summed E-state index contributed by atoms with van der Waals surface area (Å²) in [5.41, 5.74) is 1.10. The third-order valence-corrected chi connectivity index (χ3v) is 6.64. The van der Waals surface area contributed by atoms with Gasteiger partial charge in [0, 0.05) is 12.6 Å². The molecular formula is C24H23ClFNO4S. The maximum atomic E-state index is 13.2. The molecule has 0 unspecified atom stereocenters. The molecule has 0 aromatic heterocycles. The van der Waals surface area contributed by atoms with Crippen LogP contribution in [-0.4, -0.2) is 25.3 Å². The summed E-state index contributed by atoms with van der Waals surface area (Å²) in [5, 5.41) is 0.369. The molecule has 3 rings (SSSR count). The van der Waals surface area contributed by atoms with Gasteiger partial charge in [-0.3, -0.25) is 4.79 Å². The Morgan fingerprint density at radius 2 is 1.75 bits per heavy atom. The second-order valence-corrected chi connectivity index (χ2v) is 9.26. The van der Waals surface area contributed by atoms with E-state index in [0.717, 1.165) is 30.7 Å². The van der Waals surface area contributed by atoms with Crippen LogP contribution in [0.4, 0.5) is 4.39 Å². The Morgan fingerprint density at radius 1 is 1.06 bits per heavy atom. The van der Waals surface area contributed by atoms with Gasteiger partial charge < -0.3 is 9.08 Å². The summed E-state index contributed by atoms with van der Waals surface area (Å²) in [4.78, 5) is 14.7. The molecule has 0 aliphatic rings. The second-order valence-electron chi connectivity index (χ2n) is 7.31. The van der Waals surface area contributed by atoms with Crippen molar-refractivity contribution in [1.82, 2.24) is 4.90 Å². The first-order chi connectivity index (χ1) is 15.2. The van der Waals surface area contributed by atoms with E-state index >= 15 is 0 Å². The molecular weight excluding hydrogens is 453 g/mol. The van der Waals surface area contributed by atoms with E-state index in [2.05, 4.69) is 0 Å². The lowest BCUT2D eigenvalue weighted by Gasteiger charge is -2.29. The number of rotatable bonds is 8. The van der Waals surface area contributed by atoms with Crippen molar-refractivity contribution in [3.8, 4) is 5.75 Å². The van der Waals surface area contributed by atoms with Crippen LogP contribution in [0.15, 0.2) is 77.7 Å². The first-order valence-corrected chi connectivity index (χ1v) is 11.8. The van der Waals surface area contributed by atoms with Crippen LogP contribution in [0.1, 0.15) is 36.2 Å². The summed E-state index contributed by atoms with van der Waals surface area (Å²) in [5.74, 6) is -0.657. The normalized spacial score (nSPS) is 12.2. The fourth-order valence-electron chi connectivity index (χ4n) is 3.11. The van der Waals surface area contributed by atoms with Crippen LogP contribution in [0, 0.1) is 5.82 Å². The van der Waals surface area contributed by atoms with Gasteiger partial charge in [-0.2, -0.15) is 8.42 Å². The average molecular weight is 476 g/mol. The quantitative estimate of drug-likeness (QED) is 0.393. The van der Waals surface area contributed by atoms with Gasteiger partial charge in [0.2, 0.25) is 0 Å². The van der Waals surface area contributed by atoms with Crippen molar-refractivity contribution < 1.29 is 21.8 Å². The summed E-state index contributed by atoms with van der Waals surface area (Å²) >= 11 is 6.22. The van der Waals surface area contributed by atoms with E-state index in [0.29, 0.717) is 16.1 Å². The zero-order valence-corrected chi connectivity index (χ0v) is 19.2. The Labute approximate surface area is 192 Å². The molecule has 0 aliphatic heterocycles. The molecule has 0 saturated carbocycles. The summed E-state index contributed by atoms with van der Waals surface area (Å²) in [6, 6.07) is 17.7. The van der Waals surface area contributed by atoms with Crippen molar-refractivity contribution >= 4 is 27.6 Å². The Hall–Kier alpha value is -2.90. The minimum absolute atomic E-state index is 0.0775. The average Bonchev–Trinajstić information content (AvgIpc) is 2.77. The molecule has 0 N–H and O–H groups in total. The highest BCUT2D eigenvalue weighted by molar-refractivity contribution is 7.87. The molecule has 3 aromatic carbocycles. The van der Waals surface area contributed by atoms with E-state index in [9.17, 15) is 17.6 Å². The van der Waals surface area contributed by atoms with Crippen molar-refractivity contribution in [2.24, 2.45) is 0 Å². The maximum absolute atomic E-state index is 13.2. The van der Waals surface area contributed by atoms with Crippen LogP contribution in [0.3, 0.4) is 0 Å². The van der Waals surface area contributed by atoms with E-state index in [-0.39, 0.29) is 29.1 Å². The molecule has 0 spiro atoms. The summed E-state index contributed by atoms with van der Waals surface area (Å²) in [6.45, 7) is 4.16. The molecule has 0 heterocycles. The van der Waals surface area contributed by atoms with Gasteiger partial charge in [0.15, 0.2) is 0 Å². The largest absolute Gasteiger partial charge is 0.379 e. The van der Waals surface area contributed by atoms with Gasteiger partial charge in [0.25, 0.3) is 5.91 Å². The highest BCUT2D eigenvalue weighted by Gasteiger charge is 2.23. The molecule has 0 aliphatic carbocycles. The highest BCUT2D eigenvalue weighted by Crippen LogP contribution is 2.24. The van der Waals surface area contributed by atoms with Gasteiger partial charge in [0.05, 0.1) is 10.6 Å². The Bertz CT molecular complexity index is 1200. The molecule has 0 saturated heterocycles. The number of halogens is 2. The molecule has 5 nitrogen and oxygen atoms in total. The van der Waals surface area contributed by atoms with Crippen molar-refractivity contribution in [2.75, 3.05) is 0 Å². The predicted octanol–water partition coefficient (Wildman–Crippen LogP) is 5.69. The van der Waals surface area contributed by atoms with Crippen LogP contribution in [-0.2, 0) is 16.7 Å². The lowest BCUT2D eigenvalue weighted by molar-refractivity contribution is 0.0671. The van der Waals surface area contributed by atoms with Gasteiger partial charge in [-0.15, -0.1) is 0 Å². The smallest absolute Gasteiger partial charge is 0.339 e. The van der Waals surface area contributed by atoms with E-state index in [4.69, 9.17) is 15.8 Å². The SMILES string of the molecule is CC[C@H](C)N(Cc1cccc(OS(=O)(=O)c2ccc(F)cc2)c1)C(=O)c1ccccc1Cl. The molecule has 0 fully saturated rings. The number of hydrogen-bond acceptors (Lipinski definition) is 4. The number of carbonyl (C=O) groups is 1. The highest BCUT2D eigenvalue weighted by atomic mass is 35.5. The summed E-state index contributed by atoms with van der Waals surface area (Å²) in [7, 11) is -4.13. The Balaban J connectivity index is 1.84. The zero-order valence-electron chi connectivity index (χ0n) is 17.7. The zero-order chi connectivity index (χ0) is 23.3. The molecule has 0 bridgehead atoms. The molecule has 32 heavy (non-hydrogen) atoms. The Morgan fingerprint density at radius 3 is 2.41 bits per heavy atom. The van der Waals surface area contributed by atoms with E-state index in [1.807, 2.05) is 13.8 Å². The second kappa shape index (κ2) is 10.1. The minimum Gasteiger partial charge on any atom is -0.379 e. The number of benzene rings is 3. The monoisotopic (exact) mass is 475 g/mol. The summed E-state index contributed by atoms with van der Waals surface area (Å²) in [6.07, 6.45) is 0.728. The first-order valence-electron chi connectivity index (χ1n) is 10.1. The number of carbonyl (C=O) groups excluding carboxylic acids is 1. The predicted molar refractivity (Wildman–Crippen MR) is 122 cm³/mol. The molecule has 8 heteroatoms. The topological polar surface area (TPSA) is 63.7 Å². The van der Waals surface area contributed by atoms with E-state index in [1.165, 1.54) is 6.07 Å². The van der Waals surface area contributed by atoms with Gasteiger partial charge >= 0.3 is 10.1 Å². The first kappa shape index (κ1) is 23.8. The van der Waals surface area contributed by atoms with Gasteiger partial charge in [0.1, 0.15) is 16.5 Å². The maximum Gasteiger partial charge on any atom is 0.339 e. The molecule has 0 radical (unpaired) electrons. The number of nitrogens with zero attached hydrogens (tertiary/aromatic N) is 1. The van der Waals surface area contributed by atoms with Gasteiger partial charge in [-0.05, 0) is 67.4 Å². The Kier molecular flexibility index (Phi) is 7.53. The van der Waals surface area contributed by atoms with E-state index in [1.54, 1.807) is 47.4 Å². The van der Waals surface area contributed by atoms with Crippen LogP contribution in [0.5, 0.6) is 5.75 Å². The van der Waals surface area contributed by atoms with Gasteiger partial charge in [-0.25, -0.2) is 4.39 Å². The van der Waals surface area contributed by atoms with Crippen LogP contribution in [0.25, 0.3) is 0 Å². The van der Waals surface area contributed by atoms with Crippen molar-refractivity contribution in [2.45, 2.75) is 37.8 Å². The lowest BCUT2D eigenvalue weighted by Crippen LogP contribution is -2.38. The molecule has 1 amide bonds. The van der Waals surface area contributed by atoms with Crippen LogP contribution >= 0.6 is 11.6 Å². The lowest BCUT2D eigenvalue weighted by atomic mass is 10.1. The molecule has 3 aromatic rings. The summed E-state index contributed by atoms with van der Waals surface area (Å²) < 4.78 is 43.3. The number of amides is 1. The van der Waals surface area contributed by atoms with Crippen molar-refractivity contribution in [1.29, 1.82) is 0 Å². The fourth-order valence-corrected chi connectivity index (χ4v) is 4.25. The van der Waals surface area contributed by atoms with Crippen LogP contribution < -0.4 is 4.18 Å². The van der Waals surface area contributed by atoms with Crippen molar-refractivity contribution in [3.05, 3.63) is 94.8 Å². The van der Waals surface area contributed by atoms with E-state index < -0.39 is 15.9 Å². The molecule has 168 valence electrons. The number of hydrogen-bond donors (Lipinski definition) is 0. The fraction of sp³-hybridized carbons (Fsp3) is 0.208. The van der Waals surface area contributed by atoms with Gasteiger partial charge in [-0.1, -0.05) is 42.8 Å². The third kappa shape index (κ3) is 5.66. The van der Waals surface area contributed by atoms with Crippen LogP contribution in [0.2, 0.25) is 5.02 Å². The molecule has 1 atom stereocenters. The minimum atomic E-state index is -4.13. The van der Waals surface area contributed by atoms with Crippen molar-refractivity contribution in [3.63, 3.8) is 0 Å². The standard InChI is InChI=1S/C24H23ClFNO4S/c1-3-17(2)27(24(28)22-9-4-5-10-23(22)25)16-18-7-6-8-20(15-18)31-32(29,30)21-13-11-19(26)12-14-21/h4-15,17H,3,16H2,1-2H3/t17-/m0/s1. The third-order valence-electron chi connectivity index (χ3n) is 5.05.